The van der Waals surface area contributed by atoms with Crippen LogP contribution in [0, 0.1) is 5.82 Å². The summed E-state index contributed by atoms with van der Waals surface area (Å²) in [6.07, 6.45) is 9.19. The number of hydrogen-bond donors (Lipinski definition) is 1. The van der Waals surface area contributed by atoms with E-state index in [0.717, 1.165) is 23.7 Å². The lowest BCUT2D eigenvalue weighted by Gasteiger charge is -2.26. The van der Waals surface area contributed by atoms with Crippen LogP contribution in [0.4, 0.5) is 10.3 Å². The van der Waals surface area contributed by atoms with E-state index in [4.69, 9.17) is 14.2 Å². The molecule has 0 bridgehead atoms. The molecule has 3 aromatic heterocycles. The summed E-state index contributed by atoms with van der Waals surface area (Å²) in [5, 5.41) is 3.36. The van der Waals surface area contributed by atoms with Crippen LogP contribution < -0.4 is 20.2 Å². The molecule has 0 radical (unpaired) electrons. The summed E-state index contributed by atoms with van der Waals surface area (Å²) in [6, 6.07) is 12.8. The van der Waals surface area contributed by atoms with Crippen molar-refractivity contribution in [1.29, 1.82) is 0 Å². The molecule has 0 unspecified atom stereocenters. The van der Waals surface area contributed by atoms with Gasteiger partial charge in [0.05, 0.1) is 25.0 Å². The number of rotatable bonds is 7. The average Bonchev–Trinajstić information content (AvgIpc) is 3.03. The lowest BCUT2D eigenvalue weighted by Crippen LogP contribution is -2.27. The lowest BCUT2D eigenvalue weighted by atomic mass is 10.0. The minimum Gasteiger partial charge on any atom is -0.497 e. The molecule has 0 aliphatic carbocycles. The molecule has 1 fully saturated rings. The largest absolute Gasteiger partial charge is 0.497 e. The number of amides is 1. The summed E-state index contributed by atoms with van der Waals surface area (Å²) in [5.74, 6) is 0.449. The van der Waals surface area contributed by atoms with Crippen molar-refractivity contribution in [1.82, 2.24) is 19.5 Å². The SMILES string of the molecule is COc1ccc2nccc(Oc3cnc(NC(=O)c4cn(C5CCOCC5)cc(-c5ccc(F)cc5)c4=O)nc3)c2c1. The summed E-state index contributed by atoms with van der Waals surface area (Å²) in [5.41, 5.74) is 0.968. The molecule has 212 valence electrons. The second-order valence-corrected chi connectivity index (χ2v) is 9.70. The molecule has 5 aromatic rings. The van der Waals surface area contributed by atoms with Crippen molar-refractivity contribution in [2.45, 2.75) is 18.9 Å². The molecule has 1 saturated heterocycles. The van der Waals surface area contributed by atoms with Gasteiger partial charge in [-0.15, -0.1) is 0 Å². The number of fused-ring (bicyclic) bond motifs is 1. The van der Waals surface area contributed by atoms with Crippen LogP contribution in [0.3, 0.4) is 0 Å². The van der Waals surface area contributed by atoms with Gasteiger partial charge in [0, 0.05) is 48.8 Å². The highest BCUT2D eigenvalue weighted by Gasteiger charge is 2.22. The van der Waals surface area contributed by atoms with Crippen LogP contribution in [0.15, 0.2) is 84.3 Å². The van der Waals surface area contributed by atoms with Crippen LogP contribution in [0.2, 0.25) is 0 Å². The maximum absolute atomic E-state index is 13.6. The maximum Gasteiger partial charge on any atom is 0.263 e. The summed E-state index contributed by atoms with van der Waals surface area (Å²) in [6.45, 7) is 1.16. The van der Waals surface area contributed by atoms with Gasteiger partial charge < -0.3 is 18.8 Å². The molecule has 1 aliphatic rings. The number of carbonyl (C=O) groups is 1. The van der Waals surface area contributed by atoms with Crippen LogP contribution in [0.25, 0.3) is 22.0 Å². The number of benzene rings is 2. The number of halogens is 1. The Morgan fingerprint density at radius 3 is 2.50 bits per heavy atom. The number of pyridine rings is 2. The Hall–Kier alpha value is -5.16. The highest BCUT2D eigenvalue weighted by molar-refractivity contribution is 6.03. The van der Waals surface area contributed by atoms with Gasteiger partial charge in [-0.1, -0.05) is 12.1 Å². The predicted octanol–water partition coefficient (Wildman–Crippen LogP) is 5.40. The number of carbonyl (C=O) groups excluding carboxylic acids is 1. The van der Waals surface area contributed by atoms with Crippen LogP contribution in [0.1, 0.15) is 29.2 Å². The monoisotopic (exact) mass is 567 g/mol. The van der Waals surface area contributed by atoms with E-state index in [9.17, 15) is 14.0 Å². The van der Waals surface area contributed by atoms with E-state index >= 15 is 0 Å². The molecule has 6 rings (SSSR count). The van der Waals surface area contributed by atoms with E-state index in [0.29, 0.717) is 41.6 Å². The Labute approximate surface area is 239 Å². The van der Waals surface area contributed by atoms with Gasteiger partial charge in [0.25, 0.3) is 5.91 Å². The Balaban J connectivity index is 1.26. The zero-order chi connectivity index (χ0) is 29.1. The second kappa shape index (κ2) is 11.8. The van der Waals surface area contributed by atoms with E-state index in [1.165, 1.54) is 36.7 Å². The summed E-state index contributed by atoms with van der Waals surface area (Å²) in [4.78, 5) is 39.6. The Morgan fingerprint density at radius 2 is 1.76 bits per heavy atom. The Kier molecular flexibility index (Phi) is 7.56. The first kappa shape index (κ1) is 27.0. The third-order valence-electron chi connectivity index (χ3n) is 7.05. The third kappa shape index (κ3) is 5.68. The van der Waals surface area contributed by atoms with Gasteiger partial charge >= 0.3 is 0 Å². The van der Waals surface area contributed by atoms with Crippen LogP contribution in [-0.2, 0) is 4.74 Å². The zero-order valence-corrected chi connectivity index (χ0v) is 22.6. The van der Waals surface area contributed by atoms with E-state index in [1.54, 1.807) is 31.8 Å². The average molecular weight is 568 g/mol. The van der Waals surface area contributed by atoms with Gasteiger partial charge in [0.15, 0.2) is 5.75 Å². The van der Waals surface area contributed by atoms with Crippen molar-refractivity contribution >= 4 is 22.8 Å². The highest BCUT2D eigenvalue weighted by atomic mass is 19.1. The molecular formula is C31H26FN5O5. The standard InChI is InChI=1S/C31H26FN5O5/c1-40-22-6-7-27-24(14-22)28(8-11-33-27)42-23-15-34-31(35-16-23)36-30(39)26-18-37(21-9-12-41-13-10-21)17-25(29(26)38)19-2-4-20(32)5-3-19/h2-8,11,14-18,21H,9-10,12-13H2,1H3,(H,34,35,36,39). The van der Waals surface area contributed by atoms with Gasteiger partial charge in [-0.2, -0.15) is 0 Å². The van der Waals surface area contributed by atoms with E-state index in [2.05, 4.69) is 20.3 Å². The molecule has 11 heteroatoms. The quantitative estimate of drug-likeness (QED) is 0.278. The summed E-state index contributed by atoms with van der Waals surface area (Å²) < 4.78 is 32.2. The molecule has 0 atom stereocenters. The van der Waals surface area contributed by atoms with E-state index in [-0.39, 0.29) is 17.6 Å². The third-order valence-corrected chi connectivity index (χ3v) is 7.05. The topological polar surface area (TPSA) is 117 Å². The van der Waals surface area contributed by atoms with Gasteiger partial charge in [-0.25, -0.2) is 14.4 Å². The fraction of sp³-hybridized carbons (Fsp3) is 0.194. The summed E-state index contributed by atoms with van der Waals surface area (Å²) >= 11 is 0. The number of methoxy groups -OCH3 is 1. The molecule has 0 saturated carbocycles. The minimum absolute atomic E-state index is 0.00203. The first-order valence-corrected chi connectivity index (χ1v) is 13.3. The van der Waals surface area contributed by atoms with Crippen LogP contribution in [-0.4, -0.2) is 45.7 Å². The number of hydrogen-bond acceptors (Lipinski definition) is 8. The van der Waals surface area contributed by atoms with Crippen LogP contribution >= 0.6 is 0 Å². The molecule has 10 nitrogen and oxygen atoms in total. The van der Waals surface area contributed by atoms with Gasteiger partial charge in [0.2, 0.25) is 11.4 Å². The Morgan fingerprint density at radius 1 is 1.00 bits per heavy atom. The molecule has 0 spiro atoms. The molecule has 1 aliphatic heterocycles. The van der Waals surface area contributed by atoms with Gasteiger partial charge in [-0.3, -0.25) is 19.9 Å². The molecule has 2 aromatic carbocycles. The van der Waals surface area contributed by atoms with Crippen molar-refractivity contribution in [2.24, 2.45) is 0 Å². The fourth-order valence-electron chi connectivity index (χ4n) is 4.83. The van der Waals surface area contributed by atoms with Crippen molar-refractivity contribution in [2.75, 3.05) is 25.6 Å². The van der Waals surface area contributed by atoms with Crippen molar-refractivity contribution < 1.29 is 23.4 Å². The maximum atomic E-state index is 13.6. The van der Waals surface area contributed by atoms with E-state index in [1.807, 2.05) is 22.8 Å². The zero-order valence-electron chi connectivity index (χ0n) is 22.6. The molecule has 1 amide bonds. The molecule has 42 heavy (non-hydrogen) atoms. The smallest absolute Gasteiger partial charge is 0.263 e. The summed E-state index contributed by atoms with van der Waals surface area (Å²) in [7, 11) is 1.58. The molecular weight excluding hydrogens is 541 g/mol. The minimum atomic E-state index is -0.661. The lowest BCUT2D eigenvalue weighted by molar-refractivity contribution is 0.0694. The number of nitrogens with zero attached hydrogens (tertiary/aromatic N) is 4. The van der Waals surface area contributed by atoms with Gasteiger partial charge in [-0.05, 0) is 54.8 Å². The molecule has 1 N–H and O–H groups in total. The number of anilines is 1. The van der Waals surface area contributed by atoms with Crippen LogP contribution in [0.5, 0.6) is 17.2 Å². The second-order valence-electron chi connectivity index (χ2n) is 9.70. The first-order valence-electron chi connectivity index (χ1n) is 13.3. The number of nitrogens with one attached hydrogen (secondary N) is 1. The first-order chi connectivity index (χ1) is 20.5. The number of ether oxygens (including phenoxy) is 3. The molecule has 4 heterocycles. The van der Waals surface area contributed by atoms with E-state index < -0.39 is 17.2 Å². The number of aromatic nitrogens is 4. The Bertz CT molecular complexity index is 1800. The predicted molar refractivity (Wildman–Crippen MR) is 154 cm³/mol. The normalized spacial score (nSPS) is 13.6. The van der Waals surface area contributed by atoms with Gasteiger partial charge in [0.1, 0.15) is 22.9 Å². The van der Waals surface area contributed by atoms with Crippen molar-refractivity contribution in [3.8, 4) is 28.4 Å². The van der Waals surface area contributed by atoms with Crippen molar-refractivity contribution in [3.05, 3.63) is 101 Å². The highest BCUT2D eigenvalue weighted by Crippen LogP contribution is 2.31. The van der Waals surface area contributed by atoms with Crippen molar-refractivity contribution in [3.63, 3.8) is 0 Å². The fourth-order valence-corrected chi connectivity index (χ4v) is 4.83.